The van der Waals surface area contributed by atoms with E-state index in [9.17, 15) is 0 Å². The molecule has 1 aromatic carbocycles. The van der Waals surface area contributed by atoms with E-state index in [2.05, 4.69) is 16.8 Å². The minimum atomic E-state index is 0.633. The van der Waals surface area contributed by atoms with Crippen LogP contribution in [0.1, 0.15) is 12.0 Å². The van der Waals surface area contributed by atoms with Crippen molar-refractivity contribution in [2.75, 3.05) is 46.9 Å². The van der Waals surface area contributed by atoms with Crippen LogP contribution in [-0.2, 0) is 11.3 Å². The Morgan fingerprint density at radius 3 is 2.95 bits per heavy atom. The van der Waals surface area contributed by atoms with Crippen LogP contribution in [0.3, 0.4) is 0 Å². The molecule has 5 heteroatoms. The summed E-state index contributed by atoms with van der Waals surface area (Å²) in [5.41, 5.74) is 1.10. The Morgan fingerprint density at radius 1 is 1.38 bits per heavy atom. The van der Waals surface area contributed by atoms with Gasteiger partial charge >= 0.3 is 0 Å². The molecule has 0 amide bonds. The van der Waals surface area contributed by atoms with Crippen LogP contribution in [0.5, 0.6) is 0 Å². The largest absolute Gasteiger partial charge is 0.383 e. The lowest BCUT2D eigenvalue weighted by Gasteiger charge is -2.22. The quantitative estimate of drug-likeness (QED) is 0.762. The predicted molar refractivity (Wildman–Crippen MR) is 89.2 cm³/mol. The molecule has 1 atom stereocenters. The molecule has 0 spiro atoms. The minimum Gasteiger partial charge on any atom is -0.383 e. The van der Waals surface area contributed by atoms with Crippen molar-refractivity contribution in [2.24, 2.45) is 5.92 Å². The molecule has 118 valence electrons. The lowest BCUT2D eigenvalue weighted by molar-refractivity contribution is 0.157. The zero-order valence-electron chi connectivity index (χ0n) is 12.8. The van der Waals surface area contributed by atoms with Gasteiger partial charge in [0.05, 0.1) is 16.7 Å². The van der Waals surface area contributed by atoms with Gasteiger partial charge in [-0.05, 0) is 37.6 Å². The van der Waals surface area contributed by atoms with E-state index in [0.717, 1.165) is 44.3 Å². The van der Waals surface area contributed by atoms with E-state index in [0.29, 0.717) is 10.0 Å². The average Bonchev–Trinajstić information content (AvgIpc) is 2.89. The van der Waals surface area contributed by atoms with Gasteiger partial charge in [0.2, 0.25) is 0 Å². The maximum Gasteiger partial charge on any atom is 0.0637 e. The summed E-state index contributed by atoms with van der Waals surface area (Å²) in [5, 5.41) is 1.31. The van der Waals surface area contributed by atoms with Gasteiger partial charge in [-0.2, -0.15) is 0 Å². The molecule has 0 radical (unpaired) electrons. The van der Waals surface area contributed by atoms with Crippen molar-refractivity contribution in [3.8, 4) is 0 Å². The van der Waals surface area contributed by atoms with Crippen LogP contribution in [0.15, 0.2) is 18.2 Å². The van der Waals surface area contributed by atoms with E-state index >= 15 is 0 Å². The first-order chi connectivity index (χ1) is 10.1. The van der Waals surface area contributed by atoms with Gasteiger partial charge in [-0.3, -0.25) is 0 Å². The number of methoxy groups -OCH3 is 1. The summed E-state index contributed by atoms with van der Waals surface area (Å²) in [4.78, 5) is 4.82. The first-order valence-electron chi connectivity index (χ1n) is 7.43. The third-order valence-corrected chi connectivity index (χ3v) is 4.88. The summed E-state index contributed by atoms with van der Waals surface area (Å²) in [6.07, 6.45) is 1.26. The van der Waals surface area contributed by atoms with Crippen LogP contribution in [0.4, 0.5) is 0 Å². The third kappa shape index (κ3) is 5.11. The van der Waals surface area contributed by atoms with Gasteiger partial charge in [-0.15, -0.1) is 0 Å². The molecule has 1 aromatic rings. The molecule has 21 heavy (non-hydrogen) atoms. The summed E-state index contributed by atoms with van der Waals surface area (Å²) in [6.45, 7) is 6.13. The Kier molecular flexibility index (Phi) is 6.77. The van der Waals surface area contributed by atoms with Crippen molar-refractivity contribution >= 4 is 23.2 Å². The molecule has 0 bridgehead atoms. The first kappa shape index (κ1) is 17.0. The number of halogens is 2. The topological polar surface area (TPSA) is 15.7 Å². The molecule has 3 nitrogen and oxygen atoms in total. The number of hydrogen-bond acceptors (Lipinski definition) is 3. The summed E-state index contributed by atoms with van der Waals surface area (Å²) in [5.74, 6) is 0.727. The Bertz CT molecular complexity index is 456. The van der Waals surface area contributed by atoms with E-state index in [1.807, 2.05) is 18.2 Å². The molecular formula is C16H24Cl2N2O. The lowest BCUT2D eigenvalue weighted by Crippen LogP contribution is -2.29. The molecule has 0 aromatic heterocycles. The van der Waals surface area contributed by atoms with Crippen molar-refractivity contribution in [1.82, 2.24) is 9.80 Å². The fraction of sp³-hybridized carbons (Fsp3) is 0.625. The molecule has 0 aliphatic carbocycles. The highest BCUT2D eigenvalue weighted by Crippen LogP contribution is 2.26. The lowest BCUT2D eigenvalue weighted by atomic mass is 10.1. The standard InChI is InChI=1S/C16H24Cl2N2O/c1-19(12-14-4-3-5-15(17)16(14)18)10-13-6-7-20(11-13)8-9-21-2/h3-5,13H,6-12H2,1-2H3. The van der Waals surface area contributed by atoms with E-state index < -0.39 is 0 Å². The van der Waals surface area contributed by atoms with Gasteiger partial charge in [0.25, 0.3) is 0 Å². The summed E-state index contributed by atoms with van der Waals surface area (Å²) in [7, 11) is 3.91. The highest BCUT2D eigenvalue weighted by atomic mass is 35.5. The maximum atomic E-state index is 6.25. The van der Waals surface area contributed by atoms with Gasteiger partial charge < -0.3 is 14.5 Å². The maximum absolute atomic E-state index is 6.25. The second-order valence-electron chi connectivity index (χ2n) is 5.86. The van der Waals surface area contributed by atoms with E-state index in [1.54, 1.807) is 7.11 Å². The minimum absolute atomic E-state index is 0.633. The van der Waals surface area contributed by atoms with Crippen LogP contribution in [-0.4, -0.2) is 56.7 Å². The third-order valence-electron chi connectivity index (χ3n) is 4.02. The summed E-state index contributed by atoms with van der Waals surface area (Å²) >= 11 is 12.3. The van der Waals surface area contributed by atoms with Crippen molar-refractivity contribution in [1.29, 1.82) is 0 Å². The number of rotatable bonds is 7. The molecule has 1 saturated heterocycles. The fourth-order valence-corrected chi connectivity index (χ4v) is 3.33. The number of hydrogen-bond donors (Lipinski definition) is 0. The first-order valence-corrected chi connectivity index (χ1v) is 8.18. The number of likely N-dealkylation sites (tertiary alicyclic amines) is 1. The predicted octanol–water partition coefficient (Wildman–Crippen LogP) is 3.39. The van der Waals surface area contributed by atoms with Crippen LogP contribution in [0.2, 0.25) is 10.0 Å². The van der Waals surface area contributed by atoms with Crippen molar-refractivity contribution in [3.63, 3.8) is 0 Å². The van der Waals surface area contributed by atoms with Crippen molar-refractivity contribution in [2.45, 2.75) is 13.0 Å². The molecule has 1 aliphatic heterocycles. The van der Waals surface area contributed by atoms with Gasteiger partial charge in [0.1, 0.15) is 0 Å². The number of ether oxygens (including phenoxy) is 1. The molecule has 0 saturated carbocycles. The SMILES string of the molecule is COCCN1CCC(CN(C)Cc2cccc(Cl)c2Cl)C1. The molecule has 1 fully saturated rings. The monoisotopic (exact) mass is 330 g/mol. The Labute approximate surface area is 137 Å². The highest BCUT2D eigenvalue weighted by Gasteiger charge is 2.23. The van der Waals surface area contributed by atoms with Gasteiger partial charge in [0.15, 0.2) is 0 Å². The second kappa shape index (κ2) is 8.35. The van der Waals surface area contributed by atoms with Gasteiger partial charge in [0, 0.05) is 33.3 Å². The van der Waals surface area contributed by atoms with Gasteiger partial charge in [-0.1, -0.05) is 35.3 Å². The Hall–Kier alpha value is -0.320. The molecular weight excluding hydrogens is 307 g/mol. The highest BCUT2D eigenvalue weighted by molar-refractivity contribution is 6.42. The van der Waals surface area contributed by atoms with E-state index in [-0.39, 0.29) is 0 Å². The van der Waals surface area contributed by atoms with Crippen LogP contribution in [0, 0.1) is 5.92 Å². The van der Waals surface area contributed by atoms with Crippen molar-refractivity contribution in [3.05, 3.63) is 33.8 Å². The number of nitrogens with zero attached hydrogens (tertiary/aromatic N) is 2. The molecule has 2 rings (SSSR count). The molecule has 1 heterocycles. The second-order valence-corrected chi connectivity index (χ2v) is 6.64. The molecule has 1 unspecified atom stereocenters. The smallest absolute Gasteiger partial charge is 0.0637 e. The zero-order chi connectivity index (χ0) is 15.2. The summed E-state index contributed by atoms with van der Waals surface area (Å²) < 4.78 is 5.14. The van der Waals surface area contributed by atoms with E-state index in [4.69, 9.17) is 27.9 Å². The average molecular weight is 331 g/mol. The van der Waals surface area contributed by atoms with Crippen LogP contribution < -0.4 is 0 Å². The summed E-state index contributed by atoms with van der Waals surface area (Å²) in [6, 6.07) is 5.84. The Balaban J connectivity index is 1.80. The normalized spacial score (nSPS) is 19.6. The van der Waals surface area contributed by atoms with Crippen molar-refractivity contribution < 1.29 is 4.74 Å². The van der Waals surface area contributed by atoms with Crippen LogP contribution in [0.25, 0.3) is 0 Å². The number of benzene rings is 1. The molecule has 0 N–H and O–H groups in total. The molecule has 1 aliphatic rings. The van der Waals surface area contributed by atoms with Crippen LogP contribution >= 0.6 is 23.2 Å². The van der Waals surface area contributed by atoms with E-state index in [1.165, 1.54) is 13.0 Å². The zero-order valence-corrected chi connectivity index (χ0v) is 14.3. The van der Waals surface area contributed by atoms with Gasteiger partial charge in [-0.25, -0.2) is 0 Å². The fourth-order valence-electron chi connectivity index (χ4n) is 2.95. The Morgan fingerprint density at radius 2 is 2.19 bits per heavy atom.